The van der Waals surface area contributed by atoms with Gasteiger partial charge in [0, 0.05) is 32.7 Å². The van der Waals surface area contributed by atoms with Gasteiger partial charge in [0.2, 0.25) is 0 Å². The summed E-state index contributed by atoms with van der Waals surface area (Å²) in [6.45, 7) is 1.73. The summed E-state index contributed by atoms with van der Waals surface area (Å²) in [6, 6.07) is 0.122. The minimum atomic E-state index is 0.122. The fourth-order valence-electron chi connectivity index (χ4n) is 2.06. The van der Waals surface area contributed by atoms with Crippen LogP contribution in [0, 0.1) is 5.92 Å². The van der Waals surface area contributed by atoms with E-state index in [1.54, 1.807) is 6.20 Å². The predicted molar refractivity (Wildman–Crippen MR) is 56.8 cm³/mol. The first kappa shape index (κ1) is 10.6. The summed E-state index contributed by atoms with van der Waals surface area (Å²) >= 11 is 0. The molecule has 1 fully saturated rings. The van der Waals surface area contributed by atoms with Crippen molar-refractivity contribution in [1.82, 2.24) is 15.0 Å². The predicted octanol–water partition coefficient (Wildman–Crippen LogP) is 0.351. The Morgan fingerprint density at radius 2 is 2.67 bits per heavy atom. The number of nitrogens with zero attached hydrogens (tertiary/aromatic N) is 2. The third-order valence-corrected chi connectivity index (χ3v) is 2.96. The molecule has 0 radical (unpaired) electrons. The lowest BCUT2D eigenvalue weighted by Crippen LogP contribution is -2.31. The van der Waals surface area contributed by atoms with E-state index < -0.39 is 0 Å². The number of hydrogen-bond donors (Lipinski definition) is 2. The van der Waals surface area contributed by atoms with Gasteiger partial charge < -0.3 is 9.30 Å². The smallest absolute Gasteiger partial charge is 0.126 e. The minimum Gasteiger partial charge on any atom is -0.381 e. The number of aryl methyl sites for hydroxylation is 1. The van der Waals surface area contributed by atoms with Crippen LogP contribution >= 0.6 is 0 Å². The van der Waals surface area contributed by atoms with Gasteiger partial charge in [-0.15, -0.1) is 0 Å². The Hall–Kier alpha value is -0.910. The van der Waals surface area contributed by atoms with Crippen LogP contribution in [0.3, 0.4) is 0 Å². The average molecular weight is 210 g/mol. The molecule has 1 saturated heterocycles. The number of rotatable bonds is 4. The van der Waals surface area contributed by atoms with Gasteiger partial charge >= 0.3 is 0 Å². The molecule has 84 valence electrons. The number of hydrogen-bond acceptors (Lipinski definition) is 4. The third kappa shape index (κ3) is 2.37. The van der Waals surface area contributed by atoms with E-state index in [0.717, 1.165) is 31.9 Å². The highest BCUT2D eigenvalue weighted by molar-refractivity contribution is 4.98. The Morgan fingerprint density at radius 3 is 3.20 bits per heavy atom. The second-order valence-electron chi connectivity index (χ2n) is 4.08. The van der Waals surface area contributed by atoms with Crippen LogP contribution in [0.25, 0.3) is 0 Å². The fraction of sp³-hybridized carbons (Fsp3) is 0.700. The van der Waals surface area contributed by atoms with Gasteiger partial charge in [-0.3, -0.25) is 5.84 Å². The molecule has 2 rings (SSSR count). The highest BCUT2D eigenvalue weighted by Crippen LogP contribution is 2.24. The molecular formula is C10H18N4O. The van der Waals surface area contributed by atoms with Crippen LogP contribution in [-0.2, 0) is 11.8 Å². The maximum atomic E-state index is 5.57. The highest BCUT2D eigenvalue weighted by Gasteiger charge is 2.23. The first-order valence-electron chi connectivity index (χ1n) is 5.32. The zero-order valence-corrected chi connectivity index (χ0v) is 9.02. The van der Waals surface area contributed by atoms with E-state index in [2.05, 4.69) is 10.4 Å². The number of nitrogens with two attached hydrogens (primary N) is 1. The van der Waals surface area contributed by atoms with E-state index in [1.807, 2.05) is 17.8 Å². The number of nitrogens with one attached hydrogen (secondary N) is 1. The molecular weight excluding hydrogens is 192 g/mol. The van der Waals surface area contributed by atoms with E-state index in [4.69, 9.17) is 10.6 Å². The maximum Gasteiger partial charge on any atom is 0.126 e. The lowest BCUT2D eigenvalue weighted by molar-refractivity contribution is 0.181. The van der Waals surface area contributed by atoms with Crippen LogP contribution in [0.4, 0.5) is 0 Å². The van der Waals surface area contributed by atoms with E-state index in [1.165, 1.54) is 0 Å². The normalized spacial score (nSPS) is 23.2. The minimum absolute atomic E-state index is 0.122. The van der Waals surface area contributed by atoms with Crippen LogP contribution in [0.5, 0.6) is 0 Å². The Kier molecular flexibility index (Phi) is 3.35. The van der Waals surface area contributed by atoms with Gasteiger partial charge in [-0.25, -0.2) is 10.4 Å². The Bertz CT molecular complexity index is 306. The molecule has 0 saturated carbocycles. The molecule has 5 heteroatoms. The van der Waals surface area contributed by atoms with Gasteiger partial charge in [0.15, 0.2) is 0 Å². The molecule has 0 amide bonds. The molecule has 0 aliphatic carbocycles. The molecule has 3 N–H and O–H groups in total. The second kappa shape index (κ2) is 4.74. The van der Waals surface area contributed by atoms with Gasteiger partial charge in [0.1, 0.15) is 5.82 Å². The Morgan fingerprint density at radius 1 is 1.80 bits per heavy atom. The van der Waals surface area contributed by atoms with Crippen molar-refractivity contribution in [3.63, 3.8) is 0 Å². The Labute approximate surface area is 89.6 Å². The molecule has 15 heavy (non-hydrogen) atoms. The second-order valence-corrected chi connectivity index (χ2v) is 4.08. The first-order valence-corrected chi connectivity index (χ1v) is 5.32. The molecule has 0 aromatic carbocycles. The van der Waals surface area contributed by atoms with Gasteiger partial charge in [0.05, 0.1) is 6.04 Å². The molecule has 0 spiro atoms. The van der Waals surface area contributed by atoms with E-state index in [0.29, 0.717) is 5.92 Å². The number of ether oxygens (including phenoxy) is 1. The topological polar surface area (TPSA) is 65.1 Å². The lowest BCUT2D eigenvalue weighted by atomic mass is 9.99. The van der Waals surface area contributed by atoms with Crippen molar-refractivity contribution in [2.45, 2.75) is 18.9 Å². The summed E-state index contributed by atoms with van der Waals surface area (Å²) in [6.07, 6.45) is 5.85. The van der Waals surface area contributed by atoms with Gasteiger partial charge in [-0.2, -0.15) is 0 Å². The van der Waals surface area contributed by atoms with Crippen LogP contribution in [-0.4, -0.2) is 22.8 Å². The number of aromatic nitrogens is 2. The number of imidazole rings is 1. The molecule has 2 heterocycles. The first-order chi connectivity index (χ1) is 7.31. The fourth-order valence-corrected chi connectivity index (χ4v) is 2.06. The van der Waals surface area contributed by atoms with E-state index in [-0.39, 0.29) is 6.04 Å². The summed E-state index contributed by atoms with van der Waals surface area (Å²) in [4.78, 5) is 4.31. The quantitative estimate of drug-likeness (QED) is 0.556. The largest absolute Gasteiger partial charge is 0.381 e. The van der Waals surface area contributed by atoms with Crippen molar-refractivity contribution in [3.8, 4) is 0 Å². The van der Waals surface area contributed by atoms with Gasteiger partial charge in [0.25, 0.3) is 0 Å². The zero-order chi connectivity index (χ0) is 10.7. The van der Waals surface area contributed by atoms with Crippen molar-refractivity contribution in [1.29, 1.82) is 0 Å². The summed E-state index contributed by atoms with van der Waals surface area (Å²) in [5.74, 6) is 7.16. The van der Waals surface area contributed by atoms with Gasteiger partial charge in [-0.1, -0.05) is 0 Å². The standard InChI is InChI=1S/C10H18N4O/c1-14-4-3-12-10(14)9(13-11)6-8-2-5-15-7-8/h3-4,8-9,13H,2,5-7,11H2,1H3. The summed E-state index contributed by atoms with van der Waals surface area (Å²) in [5.41, 5.74) is 2.83. The molecule has 1 aromatic rings. The van der Waals surface area contributed by atoms with Crippen molar-refractivity contribution in [2.75, 3.05) is 13.2 Å². The summed E-state index contributed by atoms with van der Waals surface area (Å²) < 4.78 is 7.35. The summed E-state index contributed by atoms with van der Waals surface area (Å²) in [5, 5.41) is 0. The molecule has 1 aromatic heterocycles. The molecule has 2 unspecified atom stereocenters. The Balaban J connectivity index is 2.00. The SMILES string of the molecule is Cn1ccnc1C(CC1CCOC1)NN. The monoisotopic (exact) mass is 210 g/mol. The summed E-state index contributed by atoms with van der Waals surface area (Å²) in [7, 11) is 1.98. The van der Waals surface area contributed by atoms with Crippen LogP contribution in [0.1, 0.15) is 24.7 Å². The maximum absolute atomic E-state index is 5.57. The van der Waals surface area contributed by atoms with Crippen molar-refractivity contribution >= 4 is 0 Å². The van der Waals surface area contributed by atoms with Crippen LogP contribution in [0.2, 0.25) is 0 Å². The van der Waals surface area contributed by atoms with Crippen molar-refractivity contribution in [2.24, 2.45) is 18.8 Å². The zero-order valence-electron chi connectivity index (χ0n) is 9.02. The van der Waals surface area contributed by atoms with E-state index >= 15 is 0 Å². The van der Waals surface area contributed by atoms with Gasteiger partial charge in [-0.05, 0) is 18.8 Å². The lowest BCUT2D eigenvalue weighted by Gasteiger charge is -2.18. The molecule has 0 bridgehead atoms. The molecule has 1 aliphatic heterocycles. The molecule has 2 atom stereocenters. The van der Waals surface area contributed by atoms with Crippen LogP contribution in [0.15, 0.2) is 12.4 Å². The van der Waals surface area contributed by atoms with E-state index in [9.17, 15) is 0 Å². The van der Waals surface area contributed by atoms with Crippen molar-refractivity contribution < 1.29 is 4.74 Å². The van der Waals surface area contributed by atoms with Crippen LogP contribution < -0.4 is 11.3 Å². The number of hydrazine groups is 1. The third-order valence-electron chi connectivity index (χ3n) is 2.96. The highest BCUT2D eigenvalue weighted by atomic mass is 16.5. The van der Waals surface area contributed by atoms with Crippen molar-refractivity contribution in [3.05, 3.63) is 18.2 Å². The average Bonchev–Trinajstić information content (AvgIpc) is 2.85. The molecule has 5 nitrogen and oxygen atoms in total. The molecule has 1 aliphatic rings.